The summed E-state index contributed by atoms with van der Waals surface area (Å²) in [4.78, 5) is 22.5. The molecule has 0 aliphatic rings. The van der Waals surface area contributed by atoms with Gasteiger partial charge in [-0.25, -0.2) is 5.43 Å². The maximum atomic E-state index is 12.2. The number of hydrogen-bond acceptors (Lipinski definition) is 7. The fourth-order valence-electron chi connectivity index (χ4n) is 2.54. The summed E-state index contributed by atoms with van der Waals surface area (Å²) in [6.45, 7) is 0.453. The van der Waals surface area contributed by atoms with Crippen LogP contribution in [0.5, 0.6) is 11.5 Å². The van der Waals surface area contributed by atoms with Crippen LogP contribution in [0, 0.1) is 10.1 Å². The highest BCUT2D eigenvalue weighted by Crippen LogP contribution is 2.33. The van der Waals surface area contributed by atoms with Gasteiger partial charge in [0.15, 0.2) is 5.69 Å². The highest BCUT2D eigenvalue weighted by molar-refractivity contribution is 6.30. The summed E-state index contributed by atoms with van der Waals surface area (Å²) in [6, 6.07) is 11.2. The number of rotatable bonds is 7. The minimum atomic E-state index is -0.749. The molecule has 2 aromatic carbocycles. The number of ether oxygens (including phenoxy) is 1. The van der Waals surface area contributed by atoms with E-state index in [0.717, 1.165) is 17.8 Å². The first-order valence-corrected chi connectivity index (χ1v) is 8.92. The van der Waals surface area contributed by atoms with Crippen LogP contribution in [-0.2, 0) is 6.54 Å². The number of nitrogens with zero attached hydrogens (tertiary/aromatic N) is 4. The largest absolute Gasteiger partial charge is 0.502 e. The standard InChI is InChI=1S/C19H16ClN5O5/c1-30-15-8-13(18(26)17(9-15)25(28)29)10-21-22-19(27)16-6-7-24(23-16)11-12-2-4-14(20)5-3-12/h2-10,26H,11H2,1H3,(H,22,27)/b21-10-. The molecule has 0 unspecified atom stereocenters. The number of carbonyl (C=O) groups excluding carboxylic acids is 1. The third-order valence-electron chi connectivity index (χ3n) is 4.03. The molecule has 1 heterocycles. The number of benzene rings is 2. The molecular weight excluding hydrogens is 414 g/mol. The Morgan fingerprint density at radius 3 is 2.77 bits per heavy atom. The summed E-state index contributed by atoms with van der Waals surface area (Å²) >= 11 is 5.86. The molecule has 154 valence electrons. The summed E-state index contributed by atoms with van der Waals surface area (Å²) in [6.07, 6.45) is 2.72. The second-order valence-corrected chi connectivity index (χ2v) is 6.50. The highest BCUT2D eigenvalue weighted by atomic mass is 35.5. The zero-order chi connectivity index (χ0) is 21.7. The predicted molar refractivity (Wildman–Crippen MR) is 109 cm³/mol. The number of phenolic OH excluding ortho intramolecular Hbond substituents is 1. The van der Waals surface area contributed by atoms with Crippen molar-refractivity contribution in [2.75, 3.05) is 7.11 Å². The van der Waals surface area contributed by atoms with Gasteiger partial charge in [-0.05, 0) is 29.8 Å². The fourth-order valence-corrected chi connectivity index (χ4v) is 2.66. The molecule has 0 radical (unpaired) electrons. The van der Waals surface area contributed by atoms with E-state index in [2.05, 4.69) is 15.6 Å². The van der Waals surface area contributed by atoms with E-state index in [0.29, 0.717) is 11.6 Å². The van der Waals surface area contributed by atoms with E-state index < -0.39 is 22.3 Å². The summed E-state index contributed by atoms with van der Waals surface area (Å²) in [5.41, 5.74) is 2.82. The summed E-state index contributed by atoms with van der Waals surface area (Å²) < 4.78 is 6.55. The number of hydrazone groups is 1. The van der Waals surface area contributed by atoms with Crippen molar-refractivity contribution in [2.24, 2.45) is 5.10 Å². The van der Waals surface area contributed by atoms with Crippen LogP contribution in [0.1, 0.15) is 21.6 Å². The van der Waals surface area contributed by atoms with Crippen LogP contribution >= 0.6 is 11.6 Å². The van der Waals surface area contributed by atoms with E-state index >= 15 is 0 Å². The Bertz CT molecular complexity index is 1110. The Balaban J connectivity index is 1.68. The van der Waals surface area contributed by atoms with Crippen LogP contribution in [0.25, 0.3) is 0 Å². The Morgan fingerprint density at radius 1 is 1.37 bits per heavy atom. The van der Waals surface area contributed by atoms with Crippen LogP contribution < -0.4 is 10.2 Å². The number of nitrogens with one attached hydrogen (secondary N) is 1. The van der Waals surface area contributed by atoms with E-state index in [1.165, 1.54) is 19.2 Å². The number of phenols is 1. The number of methoxy groups -OCH3 is 1. The lowest BCUT2D eigenvalue weighted by Crippen LogP contribution is -2.18. The molecule has 3 aromatic rings. The molecule has 0 saturated carbocycles. The van der Waals surface area contributed by atoms with Crippen molar-refractivity contribution in [3.05, 3.63) is 80.6 Å². The number of nitro groups is 1. The van der Waals surface area contributed by atoms with Crippen molar-refractivity contribution in [3.63, 3.8) is 0 Å². The van der Waals surface area contributed by atoms with Gasteiger partial charge in [0.25, 0.3) is 5.91 Å². The molecule has 10 nitrogen and oxygen atoms in total. The second kappa shape index (κ2) is 9.05. The number of halogens is 1. The lowest BCUT2D eigenvalue weighted by Gasteiger charge is -2.04. The molecule has 0 aliphatic heterocycles. The maximum absolute atomic E-state index is 12.2. The summed E-state index contributed by atoms with van der Waals surface area (Å²) in [7, 11) is 1.33. The van der Waals surface area contributed by atoms with Crippen LogP contribution in [0.4, 0.5) is 5.69 Å². The van der Waals surface area contributed by atoms with Crippen molar-refractivity contribution < 1.29 is 19.6 Å². The monoisotopic (exact) mass is 429 g/mol. The van der Waals surface area contributed by atoms with Gasteiger partial charge in [-0.2, -0.15) is 10.2 Å². The van der Waals surface area contributed by atoms with Gasteiger partial charge in [0, 0.05) is 16.8 Å². The molecule has 0 aliphatic carbocycles. The van der Waals surface area contributed by atoms with Crippen molar-refractivity contribution >= 4 is 29.4 Å². The number of carbonyl (C=O) groups is 1. The van der Waals surface area contributed by atoms with Gasteiger partial charge < -0.3 is 9.84 Å². The van der Waals surface area contributed by atoms with Gasteiger partial charge in [0.1, 0.15) is 5.75 Å². The zero-order valence-electron chi connectivity index (χ0n) is 15.7. The second-order valence-electron chi connectivity index (χ2n) is 6.07. The minimum Gasteiger partial charge on any atom is -0.502 e. The maximum Gasteiger partial charge on any atom is 0.315 e. The van der Waals surface area contributed by atoms with Gasteiger partial charge in [-0.1, -0.05) is 23.7 Å². The molecule has 0 saturated heterocycles. The van der Waals surface area contributed by atoms with Gasteiger partial charge in [-0.15, -0.1) is 0 Å². The minimum absolute atomic E-state index is 0.00891. The average molecular weight is 430 g/mol. The molecule has 2 N–H and O–H groups in total. The SMILES string of the molecule is COc1cc(/C=N\NC(=O)c2ccn(Cc3ccc(Cl)cc3)n2)c(O)c([N+](=O)[O-])c1. The molecule has 0 fully saturated rings. The van der Waals surface area contributed by atoms with Crippen LogP contribution in [0.3, 0.4) is 0 Å². The molecule has 0 spiro atoms. The van der Waals surface area contributed by atoms with Gasteiger partial charge in [0.05, 0.1) is 30.9 Å². The Hall–Kier alpha value is -3.92. The lowest BCUT2D eigenvalue weighted by molar-refractivity contribution is -0.385. The molecule has 30 heavy (non-hydrogen) atoms. The molecule has 0 atom stereocenters. The molecule has 1 amide bonds. The first-order valence-electron chi connectivity index (χ1n) is 8.54. The van der Waals surface area contributed by atoms with Crippen LogP contribution in [0.2, 0.25) is 5.02 Å². The predicted octanol–water partition coefficient (Wildman–Crippen LogP) is 2.97. The Morgan fingerprint density at radius 2 is 2.10 bits per heavy atom. The summed E-state index contributed by atoms with van der Waals surface area (Å²) in [5, 5.41) is 29.5. The Kier molecular flexibility index (Phi) is 6.28. The number of hydrogen-bond donors (Lipinski definition) is 2. The quantitative estimate of drug-likeness (QED) is 0.337. The number of amides is 1. The first kappa shape index (κ1) is 20.8. The summed E-state index contributed by atoms with van der Waals surface area (Å²) in [5.74, 6) is -1.02. The third-order valence-corrected chi connectivity index (χ3v) is 4.28. The van der Waals surface area contributed by atoms with Crippen molar-refractivity contribution in [1.82, 2.24) is 15.2 Å². The van der Waals surface area contributed by atoms with E-state index in [1.54, 1.807) is 23.0 Å². The van der Waals surface area contributed by atoms with Gasteiger partial charge in [0.2, 0.25) is 5.75 Å². The van der Waals surface area contributed by atoms with E-state index in [4.69, 9.17) is 16.3 Å². The van der Waals surface area contributed by atoms with Crippen molar-refractivity contribution in [1.29, 1.82) is 0 Å². The van der Waals surface area contributed by atoms with Gasteiger partial charge >= 0.3 is 5.69 Å². The van der Waals surface area contributed by atoms with E-state index in [-0.39, 0.29) is 17.0 Å². The first-order chi connectivity index (χ1) is 14.4. The third kappa shape index (κ3) is 4.92. The number of aromatic nitrogens is 2. The number of nitro benzene ring substituents is 1. The molecule has 0 bridgehead atoms. The molecule has 1 aromatic heterocycles. The Labute approximate surface area is 175 Å². The van der Waals surface area contributed by atoms with Crippen LogP contribution in [0.15, 0.2) is 53.8 Å². The van der Waals surface area contributed by atoms with Crippen LogP contribution in [-0.4, -0.2) is 39.0 Å². The normalized spacial score (nSPS) is 10.9. The fraction of sp³-hybridized carbons (Fsp3) is 0.105. The van der Waals surface area contributed by atoms with Crippen molar-refractivity contribution in [2.45, 2.75) is 6.54 Å². The zero-order valence-corrected chi connectivity index (χ0v) is 16.4. The smallest absolute Gasteiger partial charge is 0.315 e. The topological polar surface area (TPSA) is 132 Å². The molecule has 11 heteroatoms. The lowest BCUT2D eigenvalue weighted by atomic mass is 10.1. The molecular formula is C19H16ClN5O5. The van der Waals surface area contributed by atoms with Gasteiger partial charge in [-0.3, -0.25) is 19.6 Å². The van der Waals surface area contributed by atoms with E-state index in [1.807, 2.05) is 12.1 Å². The average Bonchev–Trinajstić information content (AvgIpc) is 3.19. The van der Waals surface area contributed by atoms with Crippen molar-refractivity contribution in [3.8, 4) is 11.5 Å². The van der Waals surface area contributed by atoms with E-state index in [9.17, 15) is 20.0 Å². The number of aromatic hydroxyl groups is 1. The highest BCUT2D eigenvalue weighted by Gasteiger charge is 2.19. The molecule has 3 rings (SSSR count).